The molecule has 0 aliphatic heterocycles. The van der Waals surface area contributed by atoms with Gasteiger partial charge in [0.2, 0.25) is 0 Å². The molecule has 0 bridgehead atoms. The molecule has 0 aliphatic carbocycles. The first kappa shape index (κ1) is 12.7. The summed E-state index contributed by atoms with van der Waals surface area (Å²) in [5, 5.41) is 0. The molecule has 0 nitrogen and oxygen atoms in total. The van der Waals surface area contributed by atoms with Crippen molar-refractivity contribution in [2.24, 2.45) is 0 Å². The fourth-order valence-corrected chi connectivity index (χ4v) is 0. The second-order valence-corrected chi connectivity index (χ2v) is 3.99. The van der Waals surface area contributed by atoms with Crippen LogP contribution >= 0.6 is 58.0 Å². The molecule has 0 heterocycles. The second-order valence-electron chi connectivity index (χ2n) is 0.758. The summed E-state index contributed by atoms with van der Waals surface area (Å²) in [5.41, 5.74) is 0. The van der Waals surface area contributed by atoms with Crippen LogP contribution in [0.15, 0.2) is 0 Å². The van der Waals surface area contributed by atoms with Gasteiger partial charge in [-0.2, -0.15) is 0 Å². The van der Waals surface area contributed by atoms with E-state index in [0.717, 1.165) is 0 Å². The zero-order chi connectivity index (χ0) is 6.08. The molecule has 0 saturated carbocycles. The molecular formula is C2Cl5Li. The average molecular weight is 208 g/mol. The maximum absolute atomic E-state index is 5.10. The third-order valence-corrected chi connectivity index (χ3v) is 1.93. The van der Waals surface area contributed by atoms with E-state index < -0.39 is 3.79 Å². The van der Waals surface area contributed by atoms with E-state index in [0.29, 0.717) is 0 Å². The van der Waals surface area contributed by atoms with Crippen molar-refractivity contribution in [2.75, 3.05) is 0 Å². The van der Waals surface area contributed by atoms with Gasteiger partial charge in [0, 0.05) is 0 Å². The first-order valence-corrected chi connectivity index (χ1v) is 3.08. The van der Waals surface area contributed by atoms with E-state index in [4.69, 9.17) is 58.0 Å². The van der Waals surface area contributed by atoms with Crippen LogP contribution in [0.25, 0.3) is 0 Å². The average Bonchev–Trinajstić information content (AvgIpc) is 1.31. The van der Waals surface area contributed by atoms with E-state index in [1.165, 1.54) is 0 Å². The smallest absolute Gasteiger partial charge is 0.325 e. The predicted octanol–water partition coefficient (Wildman–Crippen LogP) is 0.328. The Balaban J connectivity index is 0. The molecule has 8 heavy (non-hydrogen) atoms. The molecule has 0 aliphatic rings. The van der Waals surface area contributed by atoms with Crippen molar-refractivity contribution in [1.29, 1.82) is 0 Å². The Morgan fingerprint density at radius 2 is 1.12 bits per heavy atom. The van der Waals surface area contributed by atoms with Gasteiger partial charge in [-0.05, 0) is 0 Å². The molecular weight excluding hydrogens is 208 g/mol. The molecule has 0 unspecified atom stereocenters. The summed E-state index contributed by atoms with van der Waals surface area (Å²) in [6.07, 6.45) is 0. The van der Waals surface area contributed by atoms with Gasteiger partial charge in [0.25, 0.3) is 0 Å². The van der Waals surface area contributed by atoms with Gasteiger partial charge < -0.3 is 23.2 Å². The third-order valence-electron chi connectivity index (χ3n) is 0.214. The van der Waals surface area contributed by atoms with Crippen molar-refractivity contribution >= 4 is 58.0 Å². The van der Waals surface area contributed by atoms with Gasteiger partial charge in [0.15, 0.2) is 0 Å². The molecule has 0 aromatic rings. The number of hydrogen-bond donors (Lipinski definition) is 0. The maximum atomic E-state index is 5.10. The van der Waals surface area contributed by atoms with Crippen LogP contribution in [0.4, 0.5) is 0 Å². The Labute approximate surface area is 84.9 Å². The van der Waals surface area contributed by atoms with E-state index in [9.17, 15) is 0 Å². The van der Waals surface area contributed by atoms with Crippen molar-refractivity contribution in [2.45, 2.75) is 3.79 Å². The maximum Gasteiger partial charge on any atom is 1.00 e. The summed E-state index contributed by atoms with van der Waals surface area (Å²) in [5.74, 6) is 0. The Morgan fingerprint density at radius 3 is 1.12 bits per heavy atom. The van der Waals surface area contributed by atoms with E-state index in [1.54, 1.807) is 0 Å². The molecule has 44 valence electrons. The molecule has 0 amide bonds. The minimum Gasteiger partial charge on any atom is -0.325 e. The third kappa shape index (κ3) is 6.17. The molecule has 0 N–H and O–H groups in total. The number of hydrogen-bond acceptors (Lipinski definition) is 0. The van der Waals surface area contributed by atoms with E-state index in [1.807, 2.05) is 0 Å². The molecule has 0 spiro atoms. The molecule has 0 saturated heterocycles. The van der Waals surface area contributed by atoms with Crippen LogP contribution in [0.1, 0.15) is 0 Å². The SMILES string of the molecule is Cl[C-](Cl)C(Cl)(Cl)Cl.[Li+]. The molecule has 0 radical (unpaired) electrons. The molecule has 6 heteroatoms. The first-order chi connectivity index (χ1) is 2.94. The zero-order valence-electron chi connectivity index (χ0n) is 3.89. The second kappa shape index (κ2) is 4.80. The Morgan fingerprint density at radius 1 is 1.00 bits per heavy atom. The summed E-state index contributed by atoms with van der Waals surface area (Å²) in [6.45, 7) is 0. The summed E-state index contributed by atoms with van der Waals surface area (Å²) >= 11 is 25.4. The van der Waals surface area contributed by atoms with E-state index in [-0.39, 0.29) is 23.7 Å². The molecule has 0 aromatic heterocycles. The number of rotatable bonds is 0. The quantitative estimate of drug-likeness (QED) is 0.306. The molecule has 0 atom stereocenters. The minimum atomic E-state index is -1.64. The minimum absolute atomic E-state index is 0. The van der Waals surface area contributed by atoms with Crippen LogP contribution in [0.3, 0.4) is 0 Å². The zero-order valence-corrected chi connectivity index (χ0v) is 7.67. The largest absolute Gasteiger partial charge is 1.00 e. The molecule has 0 aromatic carbocycles. The fraction of sp³-hybridized carbons (Fsp3) is 0.500. The van der Waals surface area contributed by atoms with Crippen molar-refractivity contribution in [1.82, 2.24) is 0 Å². The van der Waals surface area contributed by atoms with Crippen LogP contribution in [-0.2, 0) is 0 Å². The van der Waals surface area contributed by atoms with Gasteiger partial charge in [-0.3, -0.25) is 0 Å². The van der Waals surface area contributed by atoms with Gasteiger partial charge >= 0.3 is 18.9 Å². The van der Waals surface area contributed by atoms with E-state index in [2.05, 4.69) is 0 Å². The van der Waals surface area contributed by atoms with E-state index >= 15 is 0 Å². The molecule has 0 rings (SSSR count). The monoisotopic (exact) mass is 206 g/mol. The summed E-state index contributed by atoms with van der Waals surface area (Å²) < 4.78 is -1.64. The van der Waals surface area contributed by atoms with Crippen LogP contribution in [-0.4, -0.2) is 3.79 Å². The van der Waals surface area contributed by atoms with Gasteiger partial charge in [-0.15, -0.1) is 34.8 Å². The topological polar surface area (TPSA) is 0 Å². The summed E-state index contributed by atoms with van der Waals surface area (Å²) in [7, 11) is 0. The summed E-state index contributed by atoms with van der Waals surface area (Å²) in [6, 6.07) is 0. The summed E-state index contributed by atoms with van der Waals surface area (Å²) in [4.78, 5) is -0.266. The van der Waals surface area contributed by atoms with Crippen molar-refractivity contribution < 1.29 is 18.9 Å². The van der Waals surface area contributed by atoms with Crippen molar-refractivity contribution in [3.05, 3.63) is 4.84 Å². The van der Waals surface area contributed by atoms with Gasteiger partial charge in [-0.25, -0.2) is 0 Å². The van der Waals surface area contributed by atoms with Crippen molar-refractivity contribution in [3.63, 3.8) is 0 Å². The van der Waals surface area contributed by atoms with Crippen molar-refractivity contribution in [3.8, 4) is 0 Å². The first-order valence-electron chi connectivity index (χ1n) is 1.19. The normalized spacial score (nSPS) is 11.2. The Bertz CT molecular complexity index is 55.9. The molecule has 0 fully saturated rings. The predicted molar refractivity (Wildman–Crippen MR) is 35.2 cm³/mol. The fourth-order valence-electron chi connectivity index (χ4n) is 0. The van der Waals surface area contributed by atoms with Gasteiger partial charge in [0.05, 0.1) is 0 Å². The van der Waals surface area contributed by atoms with Crippen LogP contribution in [0.5, 0.6) is 0 Å². The van der Waals surface area contributed by atoms with Crippen LogP contribution in [0.2, 0.25) is 0 Å². The standard InChI is InChI=1S/C2Cl5.Li/c3-1(4)2(5,6)7;/q-1;+1. The van der Waals surface area contributed by atoms with Gasteiger partial charge in [0.1, 0.15) is 3.79 Å². The van der Waals surface area contributed by atoms with Crippen LogP contribution < -0.4 is 18.9 Å². The Kier molecular flexibility index (Phi) is 7.62. The van der Waals surface area contributed by atoms with Crippen LogP contribution in [0, 0.1) is 4.84 Å². The Hall–Kier alpha value is 2.05. The number of alkyl halides is 3. The number of halogens is 5. The van der Waals surface area contributed by atoms with Gasteiger partial charge in [-0.1, -0.05) is 4.84 Å².